The number of anilines is 1. The van der Waals surface area contributed by atoms with Gasteiger partial charge in [-0.25, -0.2) is 9.18 Å². The molecule has 29 heavy (non-hydrogen) atoms. The molecule has 0 atom stereocenters. The van der Waals surface area contributed by atoms with Crippen LogP contribution in [-0.4, -0.2) is 24.7 Å². The van der Waals surface area contributed by atoms with Crippen LogP contribution in [0, 0.1) is 5.82 Å². The van der Waals surface area contributed by atoms with Crippen LogP contribution in [0.4, 0.5) is 9.39 Å². The molecule has 0 aliphatic rings. The normalized spacial score (nSPS) is 10.6. The standard InChI is InChI=1S/C22H20FNO3S2/c1-3-27-22(26)19-18(15-8-10-17(23)11-9-15)13-29-21(19)24-20(25)16-6-4-14(5-7-16)12-28-2/h4-11,13H,3,12H2,1-2H3,(H,24,25). The Kier molecular flexibility index (Phi) is 7.06. The van der Waals surface area contributed by atoms with Crippen molar-refractivity contribution in [3.8, 4) is 11.1 Å². The molecule has 0 radical (unpaired) electrons. The molecule has 1 aromatic heterocycles. The van der Waals surface area contributed by atoms with Crippen molar-refractivity contribution in [2.24, 2.45) is 0 Å². The first-order valence-electron chi connectivity index (χ1n) is 8.97. The average Bonchev–Trinajstić information content (AvgIpc) is 3.13. The summed E-state index contributed by atoms with van der Waals surface area (Å²) in [5.74, 6) is -0.321. The lowest BCUT2D eigenvalue weighted by Crippen LogP contribution is -2.14. The Morgan fingerprint density at radius 1 is 1.10 bits per heavy atom. The first kappa shape index (κ1) is 21.1. The van der Waals surface area contributed by atoms with E-state index in [1.807, 2.05) is 18.4 Å². The third-order valence-electron chi connectivity index (χ3n) is 4.18. The van der Waals surface area contributed by atoms with Gasteiger partial charge in [0.1, 0.15) is 16.4 Å². The van der Waals surface area contributed by atoms with E-state index < -0.39 is 5.97 Å². The summed E-state index contributed by atoms with van der Waals surface area (Å²) < 4.78 is 18.5. The third kappa shape index (κ3) is 5.05. The molecule has 1 heterocycles. The number of esters is 1. The molecule has 0 spiro atoms. The second-order valence-corrected chi connectivity index (χ2v) is 7.91. The van der Waals surface area contributed by atoms with Crippen molar-refractivity contribution >= 4 is 40.0 Å². The predicted octanol–water partition coefficient (Wildman–Crippen LogP) is 5.85. The molecule has 150 valence electrons. The van der Waals surface area contributed by atoms with E-state index in [1.165, 1.54) is 23.5 Å². The van der Waals surface area contributed by atoms with Crippen LogP contribution in [-0.2, 0) is 10.5 Å². The van der Waals surface area contributed by atoms with E-state index in [-0.39, 0.29) is 23.9 Å². The highest BCUT2D eigenvalue weighted by atomic mass is 32.2. The Labute approximate surface area is 177 Å². The van der Waals surface area contributed by atoms with E-state index in [9.17, 15) is 14.0 Å². The van der Waals surface area contributed by atoms with Gasteiger partial charge < -0.3 is 10.1 Å². The Morgan fingerprint density at radius 2 is 1.79 bits per heavy atom. The quantitative estimate of drug-likeness (QED) is 0.479. The molecule has 0 fully saturated rings. The Bertz CT molecular complexity index is 998. The minimum Gasteiger partial charge on any atom is -0.462 e. The number of carbonyl (C=O) groups is 2. The molecule has 0 aliphatic carbocycles. The fourth-order valence-corrected chi connectivity index (χ4v) is 4.27. The molecule has 0 saturated carbocycles. The zero-order valence-electron chi connectivity index (χ0n) is 16.0. The van der Waals surface area contributed by atoms with E-state index >= 15 is 0 Å². The molecule has 1 amide bonds. The van der Waals surface area contributed by atoms with E-state index in [0.29, 0.717) is 21.7 Å². The lowest BCUT2D eigenvalue weighted by molar-refractivity contribution is 0.0529. The largest absolute Gasteiger partial charge is 0.462 e. The lowest BCUT2D eigenvalue weighted by atomic mass is 10.0. The van der Waals surface area contributed by atoms with Gasteiger partial charge in [-0.15, -0.1) is 11.3 Å². The number of nitrogens with one attached hydrogen (secondary N) is 1. The average molecular weight is 430 g/mol. The van der Waals surface area contributed by atoms with Crippen LogP contribution in [0.1, 0.15) is 33.2 Å². The number of amides is 1. The number of halogens is 1. The minimum atomic E-state index is -0.529. The number of thiophene rings is 1. The molecular weight excluding hydrogens is 409 g/mol. The lowest BCUT2D eigenvalue weighted by Gasteiger charge is -2.09. The molecule has 1 N–H and O–H groups in total. The molecule has 3 rings (SSSR count). The Morgan fingerprint density at radius 3 is 2.41 bits per heavy atom. The topological polar surface area (TPSA) is 55.4 Å². The summed E-state index contributed by atoms with van der Waals surface area (Å²) in [4.78, 5) is 25.3. The van der Waals surface area contributed by atoms with E-state index in [0.717, 1.165) is 11.3 Å². The Balaban J connectivity index is 1.91. The first-order valence-corrected chi connectivity index (χ1v) is 11.2. The van der Waals surface area contributed by atoms with Crippen molar-refractivity contribution in [3.63, 3.8) is 0 Å². The minimum absolute atomic E-state index is 0.210. The maximum Gasteiger partial charge on any atom is 0.341 e. The van der Waals surface area contributed by atoms with Crippen molar-refractivity contribution in [1.82, 2.24) is 0 Å². The maximum atomic E-state index is 13.3. The smallest absolute Gasteiger partial charge is 0.341 e. The molecule has 3 aromatic rings. The first-order chi connectivity index (χ1) is 14.0. The SMILES string of the molecule is CCOC(=O)c1c(-c2ccc(F)cc2)csc1NC(=O)c1ccc(CSC)cc1. The van der Waals surface area contributed by atoms with E-state index in [4.69, 9.17) is 4.74 Å². The van der Waals surface area contributed by atoms with Crippen molar-refractivity contribution in [2.45, 2.75) is 12.7 Å². The summed E-state index contributed by atoms with van der Waals surface area (Å²) in [5.41, 5.74) is 3.18. The van der Waals surface area contributed by atoms with Gasteiger partial charge in [0.2, 0.25) is 0 Å². The summed E-state index contributed by atoms with van der Waals surface area (Å²) in [7, 11) is 0. The van der Waals surface area contributed by atoms with Gasteiger partial charge in [-0.05, 0) is 48.6 Å². The molecule has 7 heteroatoms. The van der Waals surface area contributed by atoms with Gasteiger partial charge in [-0.2, -0.15) is 11.8 Å². The fraction of sp³-hybridized carbons (Fsp3) is 0.182. The van der Waals surface area contributed by atoms with Gasteiger partial charge in [0.05, 0.1) is 6.61 Å². The van der Waals surface area contributed by atoms with Crippen LogP contribution in [0.5, 0.6) is 0 Å². The predicted molar refractivity (Wildman–Crippen MR) is 117 cm³/mol. The van der Waals surface area contributed by atoms with Crippen LogP contribution < -0.4 is 5.32 Å². The van der Waals surface area contributed by atoms with Crippen molar-refractivity contribution in [3.05, 3.63) is 76.4 Å². The highest BCUT2D eigenvalue weighted by molar-refractivity contribution is 7.97. The number of ether oxygens (including phenoxy) is 1. The summed E-state index contributed by atoms with van der Waals surface area (Å²) in [6.07, 6.45) is 2.02. The Hall–Kier alpha value is -2.64. The second kappa shape index (κ2) is 9.71. The summed E-state index contributed by atoms with van der Waals surface area (Å²) >= 11 is 2.94. The number of hydrogen-bond donors (Lipinski definition) is 1. The summed E-state index contributed by atoms with van der Waals surface area (Å²) in [5, 5.41) is 4.98. The number of carbonyl (C=O) groups excluding carboxylic acids is 2. The zero-order chi connectivity index (χ0) is 20.8. The van der Waals surface area contributed by atoms with Gasteiger partial charge in [0.15, 0.2) is 0 Å². The number of rotatable bonds is 7. The van der Waals surface area contributed by atoms with E-state index in [1.54, 1.807) is 48.3 Å². The van der Waals surface area contributed by atoms with Gasteiger partial charge in [0, 0.05) is 22.3 Å². The molecule has 2 aromatic carbocycles. The number of thioether (sulfide) groups is 1. The molecule has 0 unspecified atom stereocenters. The van der Waals surface area contributed by atoms with Crippen molar-refractivity contribution < 1.29 is 18.7 Å². The van der Waals surface area contributed by atoms with Crippen LogP contribution in [0.2, 0.25) is 0 Å². The van der Waals surface area contributed by atoms with Gasteiger partial charge in [-0.1, -0.05) is 24.3 Å². The second-order valence-electron chi connectivity index (χ2n) is 6.16. The summed E-state index contributed by atoms with van der Waals surface area (Å²) in [6.45, 7) is 1.93. The maximum absolute atomic E-state index is 13.3. The third-order valence-corrected chi connectivity index (χ3v) is 5.70. The van der Waals surface area contributed by atoms with Crippen LogP contribution >= 0.6 is 23.1 Å². The highest BCUT2D eigenvalue weighted by Gasteiger charge is 2.23. The summed E-state index contributed by atoms with van der Waals surface area (Å²) in [6, 6.07) is 13.2. The monoisotopic (exact) mass is 429 g/mol. The molecule has 0 saturated heterocycles. The van der Waals surface area contributed by atoms with Gasteiger partial charge in [-0.3, -0.25) is 4.79 Å². The van der Waals surface area contributed by atoms with Crippen molar-refractivity contribution in [1.29, 1.82) is 0 Å². The van der Waals surface area contributed by atoms with Gasteiger partial charge >= 0.3 is 5.97 Å². The van der Waals surface area contributed by atoms with Crippen LogP contribution in [0.3, 0.4) is 0 Å². The number of benzene rings is 2. The van der Waals surface area contributed by atoms with E-state index in [2.05, 4.69) is 5.32 Å². The van der Waals surface area contributed by atoms with Gasteiger partial charge in [0.25, 0.3) is 5.91 Å². The zero-order valence-corrected chi connectivity index (χ0v) is 17.7. The molecule has 0 bridgehead atoms. The molecular formula is C22H20FNO3S2. The number of hydrogen-bond acceptors (Lipinski definition) is 5. The molecule has 4 nitrogen and oxygen atoms in total. The highest BCUT2D eigenvalue weighted by Crippen LogP contribution is 2.36. The van der Waals surface area contributed by atoms with Crippen LogP contribution in [0.25, 0.3) is 11.1 Å². The van der Waals surface area contributed by atoms with Crippen LogP contribution in [0.15, 0.2) is 53.9 Å². The van der Waals surface area contributed by atoms with Crippen molar-refractivity contribution in [2.75, 3.05) is 18.2 Å². The fourth-order valence-electron chi connectivity index (χ4n) is 2.79. The molecule has 0 aliphatic heterocycles.